The molecule has 2 aliphatic heterocycles. The van der Waals surface area contributed by atoms with Crippen molar-refractivity contribution in [3.05, 3.63) is 71.0 Å². The van der Waals surface area contributed by atoms with Crippen molar-refractivity contribution in [2.75, 3.05) is 39.3 Å². The number of amides is 2. The predicted octanol–water partition coefficient (Wildman–Crippen LogP) is 3.29. The number of aliphatic hydroxyl groups is 1. The molecule has 2 fully saturated rings. The summed E-state index contributed by atoms with van der Waals surface area (Å²) in [6, 6.07) is 15.0. The molecule has 2 amide bonds. The Labute approximate surface area is 182 Å². The third kappa shape index (κ3) is 3.83. The molecule has 5 rings (SSSR count). The fourth-order valence-electron chi connectivity index (χ4n) is 5.73. The number of carbonyl (C=O) groups is 1. The molecule has 164 valence electrons. The van der Waals surface area contributed by atoms with E-state index < -0.39 is 5.60 Å². The van der Waals surface area contributed by atoms with Crippen LogP contribution in [0.3, 0.4) is 0 Å². The summed E-state index contributed by atoms with van der Waals surface area (Å²) in [4.78, 5) is 16.0. The highest BCUT2D eigenvalue weighted by Crippen LogP contribution is 2.53. The monoisotopic (exact) mass is 423 g/mol. The number of likely N-dealkylation sites (tertiary alicyclic amines) is 1. The molecular formula is C25H30FN3O2. The van der Waals surface area contributed by atoms with Gasteiger partial charge >= 0.3 is 6.03 Å². The molecule has 0 aromatic heterocycles. The first kappa shape index (κ1) is 20.5. The van der Waals surface area contributed by atoms with E-state index in [-0.39, 0.29) is 23.7 Å². The molecule has 2 N–H and O–H groups in total. The van der Waals surface area contributed by atoms with E-state index in [0.29, 0.717) is 6.42 Å². The Balaban J connectivity index is 1.28. The minimum absolute atomic E-state index is 0.0404. The van der Waals surface area contributed by atoms with Crippen LogP contribution in [0.4, 0.5) is 9.18 Å². The lowest BCUT2D eigenvalue weighted by Gasteiger charge is -2.40. The van der Waals surface area contributed by atoms with Gasteiger partial charge in [-0.15, -0.1) is 0 Å². The zero-order valence-electron chi connectivity index (χ0n) is 17.8. The van der Waals surface area contributed by atoms with Crippen LogP contribution >= 0.6 is 0 Å². The van der Waals surface area contributed by atoms with E-state index >= 15 is 0 Å². The Hall–Kier alpha value is -2.44. The van der Waals surface area contributed by atoms with E-state index in [1.54, 1.807) is 0 Å². The smallest absolute Gasteiger partial charge is 0.317 e. The van der Waals surface area contributed by atoms with Crippen LogP contribution in [0.15, 0.2) is 48.5 Å². The number of nitrogens with zero attached hydrogens (tertiary/aromatic N) is 2. The largest absolute Gasteiger partial charge is 0.385 e. The molecule has 2 unspecified atom stereocenters. The van der Waals surface area contributed by atoms with Crippen molar-refractivity contribution in [2.24, 2.45) is 5.92 Å². The molecule has 2 aromatic carbocycles. The summed E-state index contributed by atoms with van der Waals surface area (Å²) in [5, 5.41) is 14.8. The quantitative estimate of drug-likeness (QED) is 0.776. The van der Waals surface area contributed by atoms with Gasteiger partial charge in [0.2, 0.25) is 0 Å². The maximum atomic E-state index is 13.5. The Bertz CT molecular complexity index is 942. The van der Waals surface area contributed by atoms with Crippen molar-refractivity contribution in [1.82, 2.24) is 15.1 Å². The maximum absolute atomic E-state index is 13.5. The van der Waals surface area contributed by atoms with E-state index in [9.17, 15) is 14.3 Å². The van der Waals surface area contributed by atoms with Gasteiger partial charge in [-0.1, -0.05) is 36.4 Å². The minimum atomic E-state index is -0.851. The molecule has 2 aromatic rings. The number of benzene rings is 2. The normalized spacial score (nSPS) is 26.8. The second-order valence-electron chi connectivity index (χ2n) is 9.15. The Kier molecular flexibility index (Phi) is 5.44. The van der Waals surface area contributed by atoms with Crippen molar-refractivity contribution in [3.8, 4) is 0 Å². The second-order valence-corrected chi connectivity index (χ2v) is 9.15. The molecule has 5 nitrogen and oxygen atoms in total. The van der Waals surface area contributed by atoms with Gasteiger partial charge in [0.15, 0.2) is 0 Å². The van der Waals surface area contributed by atoms with Gasteiger partial charge in [-0.05, 0) is 67.1 Å². The van der Waals surface area contributed by atoms with Gasteiger partial charge in [-0.2, -0.15) is 0 Å². The number of carbonyl (C=O) groups excluding carboxylic acids is 1. The number of halogens is 1. The Morgan fingerprint density at radius 1 is 1.03 bits per heavy atom. The fourth-order valence-corrected chi connectivity index (χ4v) is 5.73. The molecule has 3 aliphatic rings. The van der Waals surface area contributed by atoms with Crippen molar-refractivity contribution in [1.29, 1.82) is 0 Å². The highest BCUT2D eigenvalue weighted by molar-refractivity contribution is 5.76. The van der Waals surface area contributed by atoms with Crippen molar-refractivity contribution in [3.63, 3.8) is 0 Å². The lowest BCUT2D eigenvalue weighted by molar-refractivity contribution is -0.0492. The summed E-state index contributed by atoms with van der Waals surface area (Å²) in [6.07, 6.45) is 2.52. The van der Waals surface area contributed by atoms with Gasteiger partial charge < -0.3 is 20.2 Å². The SMILES string of the molecule is O=C1NCCN1CCN1CCC(C2(O)CC(c3ccc(F)cc3)c3ccccc32)CC1. The standard InChI is InChI=1S/C25H30FN3O2/c26-20-7-5-18(6-8-20)22-17-25(31,23-4-2-1-3-21(22)23)19-9-12-28(13-10-19)15-16-29-14-11-27-24(29)30/h1-8,19,22,31H,9-17H2,(H,27,30). The van der Waals surface area contributed by atoms with Gasteiger partial charge in [0.1, 0.15) is 5.82 Å². The van der Waals surface area contributed by atoms with Gasteiger partial charge in [-0.3, -0.25) is 0 Å². The van der Waals surface area contributed by atoms with Crippen LogP contribution in [-0.4, -0.2) is 60.2 Å². The van der Waals surface area contributed by atoms with Gasteiger partial charge in [0, 0.05) is 32.1 Å². The molecular weight excluding hydrogens is 393 g/mol. The maximum Gasteiger partial charge on any atom is 0.317 e. The van der Waals surface area contributed by atoms with Gasteiger partial charge in [0.25, 0.3) is 0 Å². The van der Waals surface area contributed by atoms with E-state index in [2.05, 4.69) is 22.3 Å². The van der Waals surface area contributed by atoms with Gasteiger partial charge in [-0.25, -0.2) is 9.18 Å². The predicted molar refractivity (Wildman–Crippen MR) is 117 cm³/mol. The van der Waals surface area contributed by atoms with Crippen LogP contribution in [0.5, 0.6) is 0 Å². The lowest BCUT2D eigenvalue weighted by atomic mass is 9.76. The summed E-state index contributed by atoms with van der Waals surface area (Å²) < 4.78 is 13.5. The van der Waals surface area contributed by atoms with Crippen LogP contribution in [0.2, 0.25) is 0 Å². The van der Waals surface area contributed by atoms with Crippen LogP contribution in [0, 0.1) is 11.7 Å². The van der Waals surface area contributed by atoms with Gasteiger partial charge in [0.05, 0.1) is 5.60 Å². The fraction of sp³-hybridized carbons (Fsp3) is 0.480. The zero-order chi connectivity index (χ0) is 21.4. The molecule has 2 atom stereocenters. The number of piperidine rings is 1. The molecule has 2 heterocycles. The average molecular weight is 424 g/mol. The lowest BCUT2D eigenvalue weighted by Crippen LogP contribution is -2.45. The van der Waals surface area contributed by atoms with Crippen molar-refractivity contribution in [2.45, 2.75) is 30.8 Å². The summed E-state index contributed by atoms with van der Waals surface area (Å²) in [5.41, 5.74) is 2.41. The topological polar surface area (TPSA) is 55.8 Å². The highest BCUT2D eigenvalue weighted by Gasteiger charge is 2.48. The number of urea groups is 1. The Morgan fingerprint density at radius 2 is 1.77 bits per heavy atom. The highest BCUT2D eigenvalue weighted by atomic mass is 19.1. The Morgan fingerprint density at radius 3 is 2.48 bits per heavy atom. The van der Waals surface area contributed by atoms with Crippen molar-refractivity contribution >= 4 is 6.03 Å². The van der Waals surface area contributed by atoms with E-state index in [0.717, 1.165) is 63.2 Å². The average Bonchev–Trinajstić information content (AvgIpc) is 3.35. The van der Waals surface area contributed by atoms with E-state index in [4.69, 9.17) is 0 Å². The first-order valence-corrected chi connectivity index (χ1v) is 11.4. The van der Waals surface area contributed by atoms with E-state index in [1.807, 2.05) is 29.2 Å². The number of hydrogen-bond acceptors (Lipinski definition) is 3. The first-order valence-electron chi connectivity index (χ1n) is 11.4. The van der Waals surface area contributed by atoms with Crippen LogP contribution < -0.4 is 5.32 Å². The van der Waals surface area contributed by atoms with Crippen LogP contribution in [-0.2, 0) is 5.60 Å². The molecule has 2 saturated heterocycles. The summed E-state index contributed by atoms with van der Waals surface area (Å²) in [6.45, 7) is 5.04. The molecule has 6 heteroatoms. The second kappa shape index (κ2) is 8.24. The third-order valence-corrected chi connectivity index (χ3v) is 7.48. The number of hydrogen-bond donors (Lipinski definition) is 2. The molecule has 0 bridgehead atoms. The van der Waals surface area contributed by atoms with E-state index in [1.165, 1.54) is 17.7 Å². The minimum Gasteiger partial charge on any atom is -0.385 e. The molecule has 0 spiro atoms. The summed E-state index contributed by atoms with van der Waals surface area (Å²) >= 11 is 0. The number of nitrogens with one attached hydrogen (secondary N) is 1. The molecule has 31 heavy (non-hydrogen) atoms. The first-order chi connectivity index (χ1) is 15.0. The van der Waals surface area contributed by atoms with Crippen LogP contribution in [0.25, 0.3) is 0 Å². The van der Waals surface area contributed by atoms with Crippen molar-refractivity contribution < 1.29 is 14.3 Å². The number of fused-ring (bicyclic) bond motifs is 1. The molecule has 0 saturated carbocycles. The summed E-state index contributed by atoms with van der Waals surface area (Å²) in [7, 11) is 0. The summed E-state index contributed by atoms with van der Waals surface area (Å²) in [5.74, 6) is 0.0584. The molecule has 1 aliphatic carbocycles. The van der Waals surface area contributed by atoms with Crippen LogP contribution in [0.1, 0.15) is 41.9 Å². The zero-order valence-corrected chi connectivity index (χ0v) is 17.8. The third-order valence-electron chi connectivity index (χ3n) is 7.48. The number of rotatable bonds is 5. The molecule has 0 radical (unpaired) electrons.